The minimum absolute atomic E-state index is 0.0301. The van der Waals surface area contributed by atoms with E-state index >= 15 is 0 Å². The lowest BCUT2D eigenvalue weighted by Crippen LogP contribution is -2.56. The van der Waals surface area contributed by atoms with Crippen LogP contribution >= 0.6 is 0 Å². The summed E-state index contributed by atoms with van der Waals surface area (Å²) in [4.78, 5) is 14.3. The topological polar surface area (TPSA) is 23.6 Å². The molecule has 1 saturated heterocycles. The maximum absolute atomic E-state index is 12.4. The van der Waals surface area contributed by atoms with E-state index in [0.717, 1.165) is 16.2 Å². The van der Waals surface area contributed by atoms with Crippen molar-refractivity contribution in [2.45, 2.75) is 18.6 Å². The van der Waals surface area contributed by atoms with Gasteiger partial charge < -0.3 is 9.80 Å². The number of amides is 1. The fourth-order valence-electron chi connectivity index (χ4n) is 2.93. The molecule has 0 N–H and O–H groups in total. The van der Waals surface area contributed by atoms with Crippen molar-refractivity contribution in [2.75, 3.05) is 24.5 Å². The van der Waals surface area contributed by atoms with Crippen LogP contribution < -0.4 is 4.90 Å². The number of carbonyl (C=O) groups excluding carboxylic acids is 1. The maximum Gasteiger partial charge on any atom is 0.471 e. The molecular formula is C13H13F3N2O. The van der Waals surface area contributed by atoms with E-state index in [1.807, 2.05) is 24.3 Å². The first kappa shape index (κ1) is 12.3. The van der Waals surface area contributed by atoms with Crippen LogP contribution in [0.5, 0.6) is 0 Å². The number of benzene rings is 1. The number of hydrogen-bond donors (Lipinski definition) is 0. The van der Waals surface area contributed by atoms with Crippen molar-refractivity contribution >= 4 is 11.6 Å². The van der Waals surface area contributed by atoms with Gasteiger partial charge in [0.1, 0.15) is 0 Å². The number of hydrogen-bond acceptors (Lipinski definition) is 2. The number of halogens is 3. The SMILES string of the molecule is O=C(N1CCN2c3ccccc3CC2C1)C(F)(F)F. The summed E-state index contributed by atoms with van der Waals surface area (Å²) >= 11 is 0. The molecule has 3 nitrogen and oxygen atoms in total. The van der Waals surface area contributed by atoms with Crippen molar-refractivity contribution in [2.24, 2.45) is 0 Å². The average molecular weight is 270 g/mol. The molecule has 0 saturated carbocycles. The van der Waals surface area contributed by atoms with Crippen LogP contribution in [0.4, 0.5) is 18.9 Å². The second kappa shape index (κ2) is 4.15. The largest absolute Gasteiger partial charge is 0.471 e. The van der Waals surface area contributed by atoms with Gasteiger partial charge in [0, 0.05) is 25.3 Å². The lowest BCUT2D eigenvalue weighted by Gasteiger charge is -2.39. The van der Waals surface area contributed by atoms with Crippen LogP contribution in [0.3, 0.4) is 0 Å². The zero-order valence-corrected chi connectivity index (χ0v) is 10.2. The average Bonchev–Trinajstić information content (AvgIpc) is 2.74. The van der Waals surface area contributed by atoms with E-state index in [4.69, 9.17) is 0 Å². The molecule has 2 aliphatic rings. The van der Waals surface area contributed by atoms with Crippen molar-refractivity contribution in [3.05, 3.63) is 29.8 Å². The van der Waals surface area contributed by atoms with Crippen molar-refractivity contribution in [1.82, 2.24) is 4.90 Å². The standard InChI is InChI=1S/C13H13F3N2O/c14-13(15,16)12(19)17-5-6-18-10(8-17)7-9-3-1-2-4-11(9)18/h1-4,10H,5-8H2. The van der Waals surface area contributed by atoms with Crippen LogP contribution in [-0.4, -0.2) is 42.7 Å². The minimum atomic E-state index is -4.77. The smallest absolute Gasteiger partial charge is 0.364 e. The molecule has 2 heterocycles. The molecule has 19 heavy (non-hydrogen) atoms. The molecule has 6 heteroatoms. The highest BCUT2D eigenvalue weighted by atomic mass is 19.4. The molecule has 1 fully saturated rings. The molecule has 1 atom stereocenters. The number of nitrogens with zero attached hydrogens (tertiary/aromatic N) is 2. The number of carbonyl (C=O) groups is 1. The molecule has 1 amide bonds. The normalized spacial score (nSPS) is 22.2. The molecule has 0 aromatic heterocycles. The predicted molar refractivity (Wildman–Crippen MR) is 63.9 cm³/mol. The lowest BCUT2D eigenvalue weighted by atomic mass is 10.1. The third-order valence-corrected chi connectivity index (χ3v) is 3.77. The number of anilines is 1. The Labute approximate surface area is 108 Å². The van der Waals surface area contributed by atoms with Crippen LogP contribution in [0.15, 0.2) is 24.3 Å². The first-order chi connectivity index (χ1) is 8.97. The third kappa shape index (κ3) is 2.05. The first-order valence-corrected chi connectivity index (χ1v) is 6.17. The summed E-state index contributed by atoms with van der Waals surface area (Å²) in [5.74, 6) is -1.72. The van der Waals surface area contributed by atoms with Crippen molar-refractivity contribution in [3.8, 4) is 0 Å². The van der Waals surface area contributed by atoms with Crippen molar-refractivity contribution < 1.29 is 18.0 Å². The quantitative estimate of drug-likeness (QED) is 0.718. The molecule has 102 valence electrons. The third-order valence-electron chi connectivity index (χ3n) is 3.77. The highest BCUT2D eigenvalue weighted by molar-refractivity contribution is 5.82. The van der Waals surface area contributed by atoms with Crippen molar-refractivity contribution in [3.63, 3.8) is 0 Å². The molecule has 1 unspecified atom stereocenters. The van der Waals surface area contributed by atoms with Crippen LogP contribution in [0.25, 0.3) is 0 Å². The van der Waals surface area contributed by atoms with Gasteiger partial charge in [-0.05, 0) is 18.1 Å². The van der Waals surface area contributed by atoms with E-state index in [0.29, 0.717) is 13.0 Å². The van der Waals surface area contributed by atoms with Gasteiger partial charge in [-0.3, -0.25) is 4.79 Å². The second-order valence-electron chi connectivity index (χ2n) is 4.93. The second-order valence-corrected chi connectivity index (χ2v) is 4.93. The Bertz CT molecular complexity index is 515. The number of fused-ring (bicyclic) bond motifs is 3. The van der Waals surface area contributed by atoms with E-state index in [1.54, 1.807) is 0 Å². The Morgan fingerprint density at radius 3 is 2.68 bits per heavy atom. The maximum atomic E-state index is 12.4. The van der Waals surface area contributed by atoms with E-state index in [1.165, 1.54) is 0 Å². The molecule has 1 aromatic rings. The summed E-state index contributed by atoms with van der Waals surface area (Å²) in [7, 11) is 0. The molecular weight excluding hydrogens is 257 g/mol. The van der Waals surface area contributed by atoms with Gasteiger partial charge in [-0.1, -0.05) is 18.2 Å². The zero-order chi connectivity index (χ0) is 13.6. The van der Waals surface area contributed by atoms with Crippen LogP contribution in [0, 0.1) is 0 Å². The fraction of sp³-hybridized carbons (Fsp3) is 0.462. The van der Waals surface area contributed by atoms with Crippen LogP contribution in [-0.2, 0) is 11.2 Å². The summed E-state index contributed by atoms with van der Waals surface area (Å²) in [6, 6.07) is 7.79. The van der Waals surface area contributed by atoms with Gasteiger partial charge in [-0.15, -0.1) is 0 Å². The van der Waals surface area contributed by atoms with Crippen molar-refractivity contribution in [1.29, 1.82) is 0 Å². The minimum Gasteiger partial charge on any atom is -0.364 e. The molecule has 0 radical (unpaired) electrons. The van der Waals surface area contributed by atoms with Gasteiger partial charge in [-0.25, -0.2) is 0 Å². The Morgan fingerprint density at radius 1 is 1.21 bits per heavy atom. The summed E-state index contributed by atoms with van der Waals surface area (Å²) in [6.45, 7) is 0.736. The Morgan fingerprint density at radius 2 is 1.95 bits per heavy atom. The lowest BCUT2D eigenvalue weighted by molar-refractivity contribution is -0.186. The Hall–Kier alpha value is -1.72. The van der Waals surface area contributed by atoms with Crippen LogP contribution in [0.2, 0.25) is 0 Å². The predicted octanol–water partition coefficient (Wildman–Crippen LogP) is 1.82. The van der Waals surface area contributed by atoms with Gasteiger partial charge in [0.25, 0.3) is 0 Å². The summed E-state index contributed by atoms with van der Waals surface area (Å²) in [5, 5.41) is 0. The van der Waals surface area contributed by atoms with E-state index in [9.17, 15) is 18.0 Å². The summed E-state index contributed by atoms with van der Waals surface area (Å²) in [6.07, 6.45) is -4.06. The zero-order valence-electron chi connectivity index (χ0n) is 10.2. The molecule has 1 aromatic carbocycles. The van der Waals surface area contributed by atoms with Gasteiger partial charge in [0.05, 0.1) is 6.04 Å². The molecule has 0 spiro atoms. The highest BCUT2D eigenvalue weighted by Crippen LogP contribution is 2.34. The van der Waals surface area contributed by atoms with Gasteiger partial charge >= 0.3 is 12.1 Å². The molecule has 0 bridgehead atoms. The monoisotopic (exact) mass is 270 g/mol. The number of para-hydroxylation sites is 1. The van der Waals surface area contributed by atoms with Gasteiger partial charge in [-0.2, -0.15) is 13.2 Å². The molecule has 3 rings (SSSR count). The van der Waals surface area contributed by atoms with E-state index < -0.39 is 12.1 Å². The molecule has 2 aliphatic heterocycles. The Balaban J connectivity index is 1.77. The van der Waals surface area contributed by atoms with Gasteiger partial charge in [0.2, 0.25) is 0 Å². The number of alkyl halides is 3. The highest BCUT2D eigenvalue weighted by Gasteiger charge is 2.45. The number of piperazine rings is 1. The summed E-state index contributed by atoms with van der Waals surface area (Å²) in [5.41, 5.74) is 2.24. The Kier molecular flexibility index (Phi) is 2.69. The van der Waals surface area contributed by atoms with Crippen LogP contribution in [0.1, 0.15) is 5.56 Å². The molecule has 0 aliphatic carbocycles. The number of rotatable bonds is 0. The summed E-state index contributed by atoms with van der Waals surface area (Å²) < 4.78 is 37.3. The van der Waals surface area contributed by atoms with E-state index in [2.05, 4.69) is 4.90 Å². The van der Waals surface area contributed by atoms with E-state index in [-0.39, 0.29) is 19.1 Å². The van der Waals surface area contributed by atoms with Gasteiger partial charge in [0.15, 0.2) is 0 Å². The fourth-order valence-corrected chi connectivity index (χ4v) is 2.93. The first-order valence-electron chi connectivity index (χ1n) is 6.17.